The summed E-state index contributed by atoms with van der Waals surface area (Å²) in [6, 6.07) is 8.29. The fraction of sp³-hybridized carbons (Fsp3) is 0.619. The van der Waals surface area contributed by atoms with E-state index in [0.29, 0.717) is 19.5 Å². The molecule has 6 nitrogen and oxygen atoms in total. The standard InChI is InChI=1S/C21H31ClN4O2.HI/c1-3-23-20(25-16-8-9-19(27)26(2)14-16)24-15-21(10-12-28-13-11-21)17-6-4-5-7-18(17)22;/h4-7,16H,3,8-15H2,1-2H3,(H2,23,24,25);1H. The van der Waals surface area contributed by atoms with Gasteiger partial charge in [0.15, 0.2) is 5.96 Å². The highest BCUT2D eigenvalue weighted by Crippen LogP contribution is 2.38. The minimum absolute atomic E-state index is 0. The molecule has 1 unspecified atom stereocenters. The van der Waals surface area contributed by atoms with E-state index in [-0.39, 0.29) is 41.3 Å². The van der Waals surface area contributed by atoms with Gasteiger partial charge in [0.25, 0.3) is 0 Å². The van der Waals surface area contributed by atoms with Crippen molar-refractivity contribution in [3.05, 3.63) is 34.9 Å². The van der Waals surface area contributed by atoms with Gasteiger partial charge in [0, 0.05) is 56.3 Å². The molecule has 162 valence electrons. The van der Waals surface area contributed by atoms with E-state index in [4.69, 9.17) is 21.3 Å². The van der Waals surface area contributed by atoms with Gasteiger partial charge in [0.1, 0.15) is 0 Å². The minimum atomic E-state index is -0.113. The molecule has 0 bridgehead atoms. The number of halogens is 2. The molecule has 2 fully saturated rings. The molecule has 1 amide bonds. The van der Waals surface area contributed by atoms with Gasteiger partial charge in [-0.2, -0.15) is 0 Å². The van der Waals surface area contributed by atoms with Gasteiger partial charge in [0.2, 0.25) is 5.91 Å². The van der Waals surface area contributed by atoms with Crippen LogP contribution in [0.4, 0.5) is 0 Å². The van der Waals surface area contributed by atoms with Gasteiger partial charge >= 0.3 is 0 Å². The number of hydrogen-bond donors (Lipinski definition) is 2. The number of piperidine rings is 1. The van der Waals surface area contributed by atoms with Crippen molar-refractivity contribution in [3.63, 3.8) is 0 Å². The number of aliphatic imine (C=N–C) groups is 1. The lowest BCUT2D eigenvalue weighted by Gasteiger charge is -2.37. The molecular weight excluding hydrogens is 503 g/mol. The molecule has 1 aromatic carbocycles. The van der Waals surface area contributed by atoms with E-state index in [1.54, 1.807) is 4.90 Å². The Kier molecular flexibility index (Phi) is 9.49. The molecular formula is C21H32ClIN4O2. The number of carbonyl (C=O) groups is 1. The van der Waals surface area contributed by atoms with E-state index in [1.165, 1.54) is 0 Å². The van der Waals surface area contributed by atoms with Crippen LogP contribution in [0.5, 0.6) is 0 Å². The maximum atomic E-state index is 11.7. The molecule has 2 saturated heterocycles. The summed E-state index contributed by atoms with van der Waals surface area (Å²) in [4.78, 5) is 18.5. The van der Waals surface area contributed by atoms with Crippen LogP contribution in [-0.4, -0.2) is 62.7 Å². The highest BCUT2D eigenvalue weighted by Gasteiger charge is 2.36. The molecule has 0 aromatic heterocycles. The predicted molar refractivity (Wildman–Crippen MR) is 128 cm³/mol. The van der Waals surface area contributed by atoms with Gasteiger partial charge < -0.3 is 20.3 Å². The smallest absolute Gasteiger partial charge is 0.222 e. The molecule has 2 aliphatic rings. The number of benzene rings is 1. The third-order valence-corrected chi connectivity index (χ3v) is 6.08. The van der Waals surface area contributed by atoms with Crippen molar-refractivity contribution in [2.24, 2.45) is 4.99 Å². The van der Waals surface area contributed by atoms with Crippen LogP contribution in [0.2, 0.25) is 5.02 Å². The summed E-state index contributed by atoms with van der Waals surface area (Å²) in [5.74, 6) is 1.01. The third-order valence-electron chi connectivity index (χ3n) is 5.75. The van der Waals surface area contributed by atoms with E-state index in [0.717, 1.165) is 55.6 Å². The lowest BCUT2D eigenvalue weighted by molar-refractivity contribution is -0.132. The molecule has 0 aliphatic carbocycles. The van der Waals surface area contributed by atoms with Crippen LogP contribution in [0.1, 0.15) is 38.2 Å². The van der Waals surface area contributed by atoms with Crippen molar-refractivity contribution in [2.45, 2.75) is 44.1 Å². The summed E-state index contributed by atoms with van der Waals surface area (Å²) in [6.07, 6.45) is 3.21. The van der Waals surface area contributed by atoms with Gasteiger partial charge in [-0.15, -0.1) is 24.0 Å². The van der Waals surface area contributed by atoms with Crippen LogP contribution in [0.3, 0.4) is 0 Å². The maximum Gasteiger partial charge on any atom is 0.222 e. The number of nitrogens with one attached hydrogen (secondary N) is 2. The molecule has 8 heteroatoms. The number of likely N-dealkylation sites (N-methyl/N-ethyl adjacent to an activating group) is 1. The van der Waals surface area contributed by atoms with Crippen molar-refractivity contribution in [2.75, 3.05) is 39.9 Å². The number of guanidine groups is 1. The topological polar surface area (TPSA) is 66.0 Å². The van der Waals surface area contributed by atoms with Crippen LogP contribution < -0.4 is 10.6 Å². The van der Waals surface area contributed by atoms with E-state index in [2.05, 4.69) is 23.6 Å². The molecule has 1 aromatic rings. The Morgan fingerprint density at radius 1 is 1.34 bits per heavy atom. The van der Waals surface area contributed by atoms with E-state index in [1.807, 2.05) is 25.2 Å². The highest BCUT2D eigenvalue weighted by molar-refractivity contribution is 14.0. The average molecular weight is 535 g/mol. The Bertz CT molecular complexity index is 710. The van der Waals surface area contributed by atoms with Crippen molar-refractivity contribution in [1.29, 1.82) is 0 Å². The second-order valence-electron chi connectivity index (χ2n) is 7.72. The number of likely N-dealkylation sites (tertiary alicyclic amines) is 1. The van der Waals surface area contributed by atoms with Gasteiger partial charge in [-0.25, -0.2) is 0 Å². The summed E-state index contributed by atoms with van der Waals surface area (Å²) >= 11 is 6.55. The summed E-state index contributed by atoms with van der Waals surface area (Å²) in [5, 5.41) is 7.66. The Balaban J connectivity index is 0.00000300. The van der Waals surface area contributed by atoms with Crippen molar-refractivity contribution in [1.82, 2.24) is 15.5 Å². The van der Waals surface area contributed by atoms with Crippen LogP contribution >= 0.6 is 35.6 Å². The van der Waals surface area contributed by atoms with Gasteiger partial charge in [0.05, 0.1) is 6.54 Å². The lowest BCUT2D eigenvalue weighted by Crippen LogP contribution is -2.52. The van der Waals surface area contributed by atoms with Crippen LogP contribution in [0, 0.1) is 0 Å². The number of amides is 1. The first kappa shape index (κ1) is 24.2. The quantitative estimate of drug-likeness (QED) is 0.346. The van der Waals surface area contributed by atoms with E-state index >= 15 is 0 Å². The summed E-state index contributed by atoms with van der Waals surface area (Å²) in [7, 11) is 1.86. The van der Waals surface area contributed by atoms with Crippen molar-refractivity contribution < 1.29 is 9.53 Å². The second-order valence-corrected chi connectivity index (χ2v) is 8.13. The number of ether oxygens (including phenoxy) is 1. The zero-order valence-electron chi connectivity index (χ0n) is 17.2. The van der Waals surface area contributed by atoms with Crippen molar-refractivity contribution >= 4 is 47.4 Å². The summed E-state index contributed by atoms with van der Waals surface area (Å²) in [5.41, 5.74) is 1.04. The molecule has 2 N–H and O–H groups in total. The summed E-state index contributed by atoms with van der Waals surface area (Å²) < 4.78 is 5.62. The highest BCUT2D eigenvalue weighted by atomic mass is 127. The molecule has 0 spiro atoms. The molecule has 0 saturated carbocycles. The zero-order chi connectivity index (χ0) is 20.0. The second kappa shape index (κ2) is 11.4. The first-order valence-corrected chi connectivity index (χ1v) is 10.5. The van der Waals surface area contributed by atoms with Crippen LogP contribution in [-0.2, 0) is 14.9 Å². The Hall–Kier alpha value is -1.06. The monoisotopic (exact) mass is 534 g/mol. The van der Waals surface area contributed by atoms with E-state index < -0.39 is 0 Å². The molecule has 0 radical (unpaired) electrons. The number of hydrogen-bond acceptors (Lipinski definition) is 3. The lowest BCUT2D eigenvalue weighted by atomic mass is 9.74. The van der Waals surface area contributed by atoms with Gasteiger partial charge in [-0.1, -0.05) is 29.8 Å². The molecule has 2 aliphatic heterocycles. The minimum Gasteiger partial charge on any atom is -0.381 e. The average Bonchev–Trinajstić information content (AvgIpc) is 2.70. The fourth-order valence-corrected chi connectivity index (χ4v) is 4.38. The largest absolute Gasteiger partial charge is 0.381 e. The van der Waals surface area contributed by atoms with Crippen LogP contribution in [0.15, 0.2) is 29.3 Å². The van der Waals surface area contributed by atoms with Crippen molar-refractivity contribution in [3.8, 4) is 0 Å². The first-order valence-electron chi connectivity index (χ1n) is 10.2. The number of rotatable bonds is 5. The molecule has 29 heavy (non-hydrogen) atoms. The normalized spacial score (nSPS) is 22.0. The Labute approximate surface area is 195 Å². The SMILES string of the molecule is CCNC(=NCC1(c2ccccc2Cl)CCOCC1)NC1CCC(=O)N(C)C1.I. The van der Waals surface area contributed by atoms with Crippen LogP contribution in [0.25, 0.3) is 0 Å². The fourth-order valence-electron chi connectivity index (χ4n) is 4.04. The summed E-state index contributed by atoms with van der Waals surface area (Å²) in [6.45, 7) is 5.64. The molecule has 3 rings (SSSR count). The van der Waals surface area contributed by atoms with Gasteiger partial charge in [-0.3, -0.25) is 9.79 Å². The number of carbonyl (C=O) groups excluding carboxylic acids is 1. The maximum absolute atomic E-state index is 11.7. The molecule has 2 heterocycles. The Morgan fingerprint density at radius 2 is 2.07 bits per heavy atom. The number of nitrogens with zero attached hydrogens (tertiary/aromatic N) is 2. The predicted octanol–water partition coefficient (Wildman–Crippen LogP) is 3.18. The van der Waals surface area contributed by atoms with E-state index in [9.17, 15) is 4.79 Å². The first-order chi connectivity index (χ1) is 13.5. The third kappa shape index (κ3) is 6.21. The molecule has 1 atom stereocenters. The Morgan fingerprint density at radius 3 is 2.72 bits per heavy atom. The van der Waals surface area contributed by atoms with Gasteiger partial charge in [-0.05, 0) is 37.8 Å². The zero-order valence-corrected chi connectivity index (χ0v) is 20.3.